The Morgan fingerprint density at radius 2 is 1.91 bits per heavy atom. The minimum atomic E-state index is -0.715. The number of nitrogens with zero attached hydrogens (tertiary/aromatic N) is 1. The topological polar surface area (TPSA) is 88.9 Å². The van der Waals surface area contributed by atoms with Gasteiger partial charge >= 0.3 is 5.97 Å². The molecule has 1 saturated heterocycles. The van der Waals surface area contributed by atoms with Gasteiger partial charge in [0.05, 0.1) is 22.9 Å². The molecule has 0 atom stereocenters. The van der Waals surface area contributed by atoms with E-state index >= 15 is 0 Å². The number of ether oxygens (including phenoxy) is 1. The number of carbonyl (C=O) groups is 3. The maximum Gasteiger partial charge on any atom is 0.338 e. The van der Waals surface area contributed by atoms with Crippen LogP contribution in [0.2, 0.25) is 5.02 Å². The van der Waals surface area contributed by atoms with E-state index in [0.717, 1.165) is 11.0 Å². The Hall–Kier alpha value is -3.82. The van der Waals surface area contributed by atoms with Gasteiger partial charge in [0.25, 0.3) is 11.8 Å². The number of thiocarbonyl (C=S) groups is 1. The van der Waals surface area contributed by atoms with Crippen LogP contribution in [0.3, 0.4) is 0 Å². The molecule has 3 aromatic rings. The number of carbonyl (C=O) groups excluding carboxylic acids is 3. The van der Waals surface area contributed by atoms with Crippen LogP contribution in [0.4, 0.5) is 10.1 Å². The zero-order valence-electron chi connectivity index (χ0n) is 17.6. The van der Waals surface area contributed by atoms with Crippen molar-refractivity contribution in [1.82, 2.24) is 5.32 Å². The lowest BCUT2D eigenvalue weighted by Crippen LogP contribution is -2.54. The molecule has 0 spiro atoms. The number of furan rings is 1. The highest BCUT2D eigenvalue weighted by Gasteiger charge is 2.35. The summed E-state index contributed by atoms with van der Waals surface area (Å²) in [5.74, 6) is -1.79. The molecular weight excluding hydrogens is 483 g/mol. The molecule has 0 bridgehead atoms. The van der Waals surface area contributed by atoms with Crippen LogP contribution in [-0.4, -0.2) is 29.5 Å². The Labute approximate surface area is 203 Å². The summed E-state index contributed by atoms with van der Waals surface area (Å²) < 4.78 is 24.3. The van der Waals surface area contributed by atoms with Gasteiger partial charge in [-0.3, -0.25) is 19.8 Å². The molecule has 1 aromatic heterocycles. The van der Waals surface area contributed by atoms with Crippen molar-refractivity contribution in [3.63, 3.8) is 0 Å². The van der Waals surface area contributed by atoms with E-state index in [1.54, 1.807) is 43.3 Å². The van der Waals surface area contributed by atoms with Crippen molar-refractivity contribution in [3.05, 3.63) is 82.3 Å². The summed E-state index contributed by atoms with van der Waals surface area (Å²) in [5, 5.41) is 2.09. The first kappa shape index (κ1) is 23.3. The number of benzene rings is 2. The lowest BCUT2D eigenvalue weighted by Gasteiger charge is -2.28. The summed E-state index contributed by atoms with van der Waals surface area (Å²) >= 11 is 11.0. The van der Waals surface area contributed by atoms with Crippen molar-refractivity contribution < 1.29 is 27.9 Å². The quantitative estimate of drug-likeness (QED) is 0.236. The van der Waals surface area contributed by atoms with E-state index in [1.807, 2.05) is 0 Å². The summed E-state index contributed by atoms with van der Waals surface area (Å²) in [6, 6.07) is 13.5. The first-order valence-corrected chi connectivity index (χ1v) is 10.8. The molecule has 1 aliphatic rings. The van der Waals surface area contributed by atoms with Gasteiger partial charge in [0.1, 0.15) is 22.9 Å². The Morgan fingerprint density at radius 1 is 1.18 bits per heavy atom. The fourth-order valence-corrected chi connectivity index (χ4v) is 3.68. The number of esters is 1. The smallest absolute Gasteiger partial charge is 0.338 e. The van der Waals surface area contributed by atoms with E-state index in [0.29, 0.717) is 16.9 Å². The fourth-order valence-electron chi connectivity index (χ4n) is 3.23. The van der Waals surface area contributed by atoms with E-state index in [-0.39, 0.29) is 33.8 Å². The standard InChI is InChI=1S/C24H16ClFN2O5S/c1-2-32-23(31)14-5-3-13(4-6-14)20-10-8-16(33-20)12-17-21(29)27-24(34)28(22(17)30)15-7-9-19(26)18(25)11-15/h3-12H,2H2,1H3,(H,27,29,34)/b17-12+. The van der Waals surface area contributed by atoms with Gasteiger partial charge in [-0.2, -0.15) is 0 Å². The fraction of sp³-hybridized carbons (Fsp3) is 0.0833. The van der Waals surface area contributed by atoms with E-state index in [1.165, 1.54) is 18.2 Å². The van der Waals surface area contributed by atoms with Crippen LogP contribution in [0.15, 0.2) is 64.6 Å². The second-order valence-electron chi connectivity index (χ2n) is 7.06. The molecule has 0 unspecified atom stereocenters. The van der Waals surface area contributed by atoms with E-state index in [9.17, 15) is 18.8 Å². The lowest BCUT2D eigenvalue weighted by atomic mass is 10.1. The summed E-state index contributed by atoms with van der Waals surface area (Å²) in [6.07, 6.45) is 1.29. The molecule has 1 aliphatic heterocycles. The third-order valence-electron chi connectivity index (χ3n) is 4.86. The predicted octanol–water partition coefficient (Wildman–Crippen LogP) is 4.75. The number of halogens is 2. The minimum Gasteiger partial charge on any atom is -0.462 e. The number of hydrogen-bond donors (Lipinski definition) is 1. The van der Waals surface area contributed by atoms with Crippen LogP contribution in [0.1, 0.15) is 23.0 Å². The predicted molar refractivity (Wildman–Crippen MR) is 128 cm³/mol. The highest BCUT2D eigenvalue weighted by atomic mass is 35.5. The molecule has 1 fully saturated rings. The molecule has 10 heteroatoms. The number of hydrogen-bond acceptors (Lipinski definition) is 6. The van der Waals surface area contributed by atoms with Crippen molar-refractivity contribution in [2.24, 2.45) is 0 Å². The van der Waals surface area contributed by atoms with Gasteiger partial charge in [0, 0.05) is 5.56 Å². The molecule has 0 saturated carbocycles. The minimum absolute atomic E-state index is 0.156. The Balaban J connectivity index is 1.60. The first-order valence-electron chi connectivity index (χ1n) is 10.0. The molecule has 2 heterocycles. The summed E-state index contributed by atoms with van der Waals surface area (Å²) in [5.41, 5.74) is 1.06. The average molecular weight is 499 g/mol. The monoisotopic (exact) mass is 498 g/mol. The zero-order valence-corrected chi connectivity index (χ0v) is 19.2. The van der Waals surface area contributed by atoms with Crippen molar-refractivity contribution >= 4 is 58.5 Å². The van der Waals surface area contributed by atoms with Crippen LogP contribution >= 0.6 is 23.8 Å². The summed E-state index contributed by atoms with van der Waals surface area (Å²) in [7, 11) is 0. The normalized spacial score (nSPS) is 15.0. The van der Waals surface area contributed by atoms with Crippen LogP contribution in [0.5, 0.6) is 0 Å². The molecular formula is C24H16ClFN2O5S. The van der Waals surface area contributed by atoms with Gasteiger partial charge in [-0.05, 0) is 67.7 Å². The second kappa shape index (κ2) is 9.58. The van der Waals surface area contributed by atoms with Crippen LogP contribution in [0, 0.1) is 5.82 Å². The van der Waals surface area contributed by atoms with Crippen LogP contribution in [0.25, 0.3) is 17.4 Å². The van der Waals surface area contributed by atoms with Crippen molar-refractivity contribution in [2.75, 3.05) is 11.5 Å². The van der Waals surface area contributed by atoms with E-state index in [4.69, 9.17) is 33.0 Å². The Morgan fingerprint density at radius 3 is 2.59 bits per heavy atom. The average Bonchev–Trinajstić information content (AvgIpc) is 3.28. The number of anilines is 1. The maximum atomic E-state index is 13.5. The molecule has 0 aliphatic carbocycles. The van der Waals surface area contributed by atoms with Gasteiger partial charge in [0.2, 0.25) is 0 Å². The van der Waals surface area contributed by atoms with Gasteiger partial charge in [0.15, 0.2) is 5.11 Å². The Kier molecular flexibility index (Phi) is 6.58. The van der Waals surface area contributed by atoms with Crippen LogP contribution < -0.4 is 10.2 Å². The highest BCUT2D eigenvalue weighted by Crippen LogP contribution is 2.28. The van der Waals surface area contributed by atoms with Gasteiger partial charge in [-0.25, -0.2) is 9.18 Å². The van der Waals surface area contributed by atoms with Crippen molar-refractivity contribution in [1.29, 1.82) is 0 Å². The third-order valence-corrected chi connectivity index (χ3v) is 5.43. The maximum absolute atomic E-state index is 13.5. The highest BCUT2D eigenvalue weighted by molar-refractivity contribution is 7.80. The molecule has 2 amide bonds. The van der Waals surface area contributed by atoms with E-state index < -0.39 is 23.6 Å². The number of nitrogens with one attached hydrogen (secondary N) is 1. The van der Waals surface area contributed by atoms with Crippen LogP contribution in [-0.2, 0) is 14.3 Å². The largest absolute Gasteiger partial charge is 0.462 e. The first-order chi connectivity index (χ1) is 16.3. The SMILES string of the molecule is CCOC(=O)c1ccc(-c2ccc(/C=C3\C(=O)NC(=S)N(c4ccc(F)c(Cl)c4)C3=O)o2)cc1. The van der Waals surface area contributed by atoms with Gasteiger partial charge < -0.3 is 9.15 Å². The number of amides is 2. The van der Waals surface area contributed by atoms with E-state index in [2.05, 4.69) is 5.32 Å². The molecule has 4 rings (SSSR count). The summed E-state index contributed by atoms with van der Waals surface area (Å²) in [6.45, 7) is 2.00. The molecule has 7 nitrogen and oxygen atoms in total. The molecule has 0 radical (unpaired) electrons. The molecule has 2 aromatic carbocycles. The molecule has 34 heavy (non-hydrogen) atoms. The summed E-state index contributed by atoms with van der Waals surface area (Å²) in [4.78, 5) is 38.4. The third kappa shape index (κ3) is 4.61. The Bertz CT molecular complexity index is 1350. The van der Waals surface area contributed by atoms with Gasteiger partial charge in [-0.1, -0.05) is 23.7 Å². The van der Waals surface area contributed by atoms with Crippen molar-refractivity contribution in [3.8, 4) is 11.3 Å². The zero-order chi connectivity index (χ0) is 24.4. The van der Waals surface area contributed by atoms with Crippen molar-refractivity contribution in [2.45, 2.75) is 6.92 Å². The molecule has 172 valence electrons. The lowest BCUT2D eigenvalue weighted by molar-refractivity contribution is -0.122. The second-order valence-corrected chi connectivity index (χ2v) is 7.85. The van der Waals surface area contributed by atoms with Gasteiger partial charge in [-0.15, -0.1) is 0 Å². The molecule has 1 N–H and O–H groups in total. The number of rotatable bonds is 5.